The second-order valence-electron chi connectivity index (χ2n) is 18.6. The summed E-state index contributed by atoms with van der Waals surface area (Å²) >= 11 is 0. The molecule has 362 valence electrons. The molecule has 0 saturated carbocycles. The summed E-state index contributed by atoms with van der Waals surface area (Å²) in [6.07, 6.45) is 50.9. The number of hydrogen-bond acceptors (Lipinski definition) is 4. The highest BCUT2D eigenvalue weighted by Crippen LogP contribution is 2.26. The Balaban J connectivity index is -0.000000362. The summed E-state index contributed by atoms with van der Waals surface area (Å²) < 4.78 is 8.88. The van der Waals surface area contributed by atoms with Gasteiger partial charge in [-0.2, -0.15) is 0 Å². The van der Waals surface area contributed by atoms with Crippen molar-refractivity contribution >= 4 is 7.82 Å². The summed E-state index contributed by atoms with van der Waals surface area (Å²) in [7, 11) is 8.88. The van der Waals surface area contributed by atoms with Gasteiger partial charge in [0.05, 0.1) is 0 Å². The third kappa shape index (κ3) is 62.4. The van der Waals surface area contributed by atoms with E-state index in [1.165, 1.54) is 231 Å². The summed E-state index contributed by atoms with van der Waals surface area (Å²) in [4.78, 5) is 28.9. The summed E-state index contributed by atoms with van der Waals surface area (Å²) in [6.45, 7) is 13.7. The van der Waals surface area contributed by atoms with E-state index < -0.39 is 7.82 Å². The molecule has 0 aromatic heterocycles. The molecular formula is C51H114N3O4P. The summed E-state index contributed by atoms with van der Waals surface area (Å²) in [6, 6.07) is 2.48. The first-order valence-corrected chi connectivity index (χ1v) is 27.5. The van der Waals surface area contributed by atoms with Gasteiger partial charge < -0.3 is 29.4 Å². The van der Waals surface area contributed by atoms with E-state index >= 15 is 0 Å². The van der Waals surface area contributed by atoms with Gasteiger partial charge >= 0.3 is 7.82 Å². The van der Waals surface area contributed by atoms with Crippen LogP contribution in [0.2, 0.25) is 0 Å². The van der Waals surface area contributed by atoms with Crippen LogP contribution in [0, 0.1) is 0 Å². The van der Waals surface area contributed by atoms with Gasteiger partial charge in [-0.1, -0.05) is 234 Å². The van der Waals surface area contributed by atoms with Gasteiger partial charge in [0.25, 0.3) is 0 Å². The molecule has 0 saturated heterocycles. The van der Waals surface area contributed by atoms with Crippen LogP contribution in [0.4, 0.5) is 0 Å². The van der Waals surface area contributed by atoms with E-state index in [2.05, 4.69) is 98.5 Å². The van der Waals surface area contributed by atoms with Gasteiger partial charge in [-0.05, 0) is 80.8 Å². The first kappa shape index (κ1) is 65.6. The number of nitrogens with zero attached hydrogens (tertiary/aromatic N) is 3. The number of unbranched alkanes of at least 4 members (excludes halogenated alkanes) is 24. The van der Waals surface area contributed by atoms with E-state index in [-0.39, 0.29) is 0 Å². The van der Waals surface area contributed by atoms with Crippen LogP contribution in [0.3, 0.4) is 0 Å². The Morgan fingerprint density at radius 3 is 0.508 bits per heavy atom. The van der Waals surface area contributed by atoms with E-state index in [4.69, 9.17) is 19.2 Å². The highest BCUT2D eigenvalue weighted by molar-refractivity contribution is 7.45. The zero-order valence-corrected chi connectivity index (χ0v) is 43.6. The standard InChI is InChI=1S/3C17H37N.H3O4P/c3*1-5-7-9-11-13-15-17(18(3)4)16-14-12-10-8-6-2;1-5(2,3)4/h3*17H,5-16H2,1-4H3;(H3,1,2,3,4). The molecule has 3 N–H and O–H groups in total. The van der Waals surface area contributed by atoms with E-state index in [0.29, 0.717) is 0 Å². The van der Waals surface area contributed by atoms with Crippen LogP contribution < -0.4 is 0 Å². The number of phosphoric acid groups is 1. The Kier molecular flexibility index (Phi) is 58.2. The number of rotatable bonds is 39. The quantitative estimate of drug-likeness (QED) is 0.0419. The van der Waals surface area contributed by atoms with Crippen LogP contribution in [-0.2, 0) is 4.57 Å². The highest BCUT2D eigenvalue weighted by atomic mass is 31.2. The minimum atomic E-state index is -4.64. The fourth-order valence-corrected chi connectivity index (χ4v) is 7.88. The fourth-order valence-electron chi connectivity index (χ4n) is 7.88. The van der Waals surface area contributed by atoms with Gasteiger partial charge in [-0.15, -0.1) is 0 Å². The SMILES string of the molecule is CCCCCCCC(CCCCCCC)N(C)C.CCCCCCCC(CCCCCCC)N(C)C.CCCCCCCC(CCCCCCC)N(C)C.O=P(O)(O)O. The predicted octanol–water partition coefficient (Wildman–Crippen LogP) is 16.0. The number of hydrogen-bond donors (Lipinski definition) is 3. The Labute approximate surface area is 373 Å². The third-order valence-electron chi connectivity index (χ3n) is 12.0. The van der Waals surface area contributed by atoms with Gasteiger partial charge in [0.1, 0.15) is 0 Å². The topological polar surface area (TPSA) is 87.5 Å². The van der Waals surface area contributed by atoms with Crippen molar-refractivity contribution in [3.8, 4) is 0 Å². The zero-order chi connectivity index (χ0) is 45.4. The lowest BCUT2D eigenvalue weighted by molar-refractivity contribution is 0.251. The van der Waals surface area contributed by atoms with Crippen molar-refractivity contribution in [1.82, 2.24) is 14.7 Å². The molecular weight excluding hydrogens is 750 g/mol. The molecule has 0 aromatic carbocycles. The lowest BCUT2D eigenvalue weighted by atomic mass is 10.00. The Morgan fingerprint density at radius 2 is 0.407 bits per heavy atom. The maximum atomic E-state index is 8.88. The fraction of sp³-hybridized carbons (Fsp3) is 1.00. The van der Waals surface area contributed by atoms with Gasteiger partial charge in [-0.25, -0.2) is 4.57 Å². The van der Waals surface area contributed by atoms with Crippen molar-refractivity contribution in [2.75, 3.05) is 42.3 Å². The molecule has 0 heterocycles. The largest absolute Gasteiger partial charge is 0.466 e. The predicted molar refractivity (Wildman–Crippen MR) is 267 cm³/mol. The van der Waals surface area contributed by atoms with Crippen molar-refractivity contribution in [3.05, 3.63) is 0 Å². The highest BCUT2D eigenvalue weighted by Gasteiger charge is 2.12. The summed E-state index contributed by atoms with van der Waals surface area (Å²) in [5, 5.41) is 0. The summed E-state index contributed by atoms with van der Waals surface area (Å²) in [5.41, 5.74) is 0. The van der Waals surface area contributed by atoms with Crippen molar-refractivity contribution < 1.29 is 19.2 Å². The van der Waals surface area contributed by atoms with Crippen LogP contribution in [0.5, 0.6) is 0 Å². The van der Waals surface area contributed by atoms with Gasteiger partial charge in [-0.3, -0.25) is 0 Å². The molecule has 0 fully saturated rings. The molecule has 0 bridgehead atoms. The van der Waals surface area contributed by atoms with Crippen molar-refractivity contribution in [3.63, 3.8) is 0 Å². The molecule has 0 aliphatic carbocycles. The van der Waals surface area contributed by atoms with Crippen LogP contribution in [0.25, 0.3) is 0 Å². The van der Waals surface area contributed by atoms with Crippen LogP contribution >= 0.6 is 7.82 Å². The molecule has 0 amide bonds. The zero-order valence-electron chi connectivity index (χ0n) is 42.7. The van der Waals surface area contributed by atoms with Crippen molar-refractivity contribution in [2.24, 2.45) is 0 Å². The van der Waals surface area contributed by atoms with E-state index in [0.717, 1.165) is 18.1 Å². The lowest BCUT2D eigenvalue weighted by Crippen LogP contribution is -2.27. The molecule has 0 unspecified atom stereocenters. The smallest absolute Gasteiger partial charge is 0.306 e. The third-order valence-corrected chi connectivity index (χ3v) is 12.0. The monoisotopic (exact) mass is 864 g/mol. The maximum Gasteiger partial charge on any atom is 0.466 e. The molecule has 59 heavy (non-hydrogen) atoms. The molecule has 7 nitrogen and oxygen atoms in total. The van der Waals surface area contributed by atoms with Crippen LogP contribution in [-0.4, -0.2) is 89.8 Å². The normalized spacial score (nSPS) is 11.7. The molecule has 8 heteroatoms. The van der Waals surface area contributed by atoms with E-state index in [1.54, 1.807) is 0 Å². The molecule has 0 spiro atoms. The molecule has 0 atom stereocenters. The van der Waals surface area contributed by atoms with Crippen molar-refractivity contribution in [2.45, 2.75) is 291 Å². The lowest BCUT2D eigenvalue weighted by Gasteiger charge is -2.24. The van der Waals surface area contributed by atoms with E-state index in [1.807, 2.05) is 0 Å². The molecule has 0 rings (SSSR count). The summed E-state index contributed by atoms with van der Waals surface area (Å²) in [5.74, 6) is 0. The minimum absolute atomic E-state index is 0.827. The molecule has 0 radical (unpaired) electrons. The Morgan fingerprint density at radius 1 is 0.288 bits per heavy atom. The van der Waals surface area contributed by atoms with Gasteiger partial charge in [0.15, 0.2) is 0 Å². The minimum Gasteiger partial charge on any atom is -0.306 e. The molecule has 0 aromatic rings. The second-order valence-corrected chi connectivity index (χ2v) is 19.6. The molecule has 0 aliphatic rings. The van der Waals surface area contributed by atoms with E-state index in [9.17, 15) is 0 Å². The Bertz CT molecular complexity index is 659. The first-order chi connectivity index (χ1) is 28.2. The molecule has 0 aliphatic heterocycles. The first-order valence-electron chi connectivity index (χ1n) is 25.9. The maximum absolute atomic E-state index is 8.88. The van der Waals surface area contributed by atoms with Gasteiger partial charge in [0, 0.05) is 18.1 Å². The van der Waals surface area contributed by atoms with Crippen molar-refractivity contribution in [1.29, 1.82) is 0 Å². The van der Waals surface area contributed by atoms with Crippen LogP contribution in [0.15, 0.2) is 0 Å². The average Bonchev–Trinajstić information content (AvgIpc) is 3.17. The van der Waals surface area contributed by atoms with Crippen LogP contribution in [0.1, 0.15) is 273 Å². The van der Waals surface area contributed by atoms with Gasteiger partial charge in [0.2, 0.25) is 0 Å². The Hall–Kier alpha value is -0.0100. The second kappa shape index (κ2) is 52.3. The average molecular weight is 864 g/mol.